The first-order valence-corrected chi connectivity index (χ1v) is 5.86. The first-order valence-electron chi connectivity index (χ1n) is 4.09. The first-order chi connectivity index (χ1) is 6.77. The van der Waals surface area contributed by atoms with Crippen molar-refractivity contribution in [1.82, 2.24) is 0 Å². The fraction of sp³-hybridized carbons (Fsp3) is 0.300. The van der Waals surface area contributed by atoms with Crippen molar-refractivity contribution in [3.05, 3.63) is 28.8 Å². The Hall–Kier alpha value is -0.850. The van der Waals surface area contributed by atoms with Crippen LogP contribution in [-0.4, -0.2) is 18.6 Å². The molecule has 0 heterocycles. The van der Waals surface area contributed by atoms with Crippen LogP contribution in [0, 0.1) is 11.3 Å². The van der Waals surface area contributed by atoms with Gasteiger partial charge < -0.3 is 4.74 Å². The van der Waals surface area contributed by atoms with Crippen LogP contribution in [0.3, 0.4) is 0 Å². The molecule has 0 aliphatic rings. The van der Waals surface area contributed by atoms with E-state index in [2.05, 4.69) is 6.07 Å². The fourth-order valence-electron chi connectivity index (χ4n) is 0.943. The molecule has 0 saturated heterocycles. The van der Waals surface area contributed by atoms with Crippen LogP contribution in [0.1, 0.15) is 5.56 Å². The molecule has 0 amide bonds. The van der Waals surface area contributed by atoms with Crippen molar-refractivity contribution in [3.8, 4) is 11.8 Å². The summed E-state index contributed by atoms with van der Waals surface area (Å²) in [5.41, 5.74) is 0.524. The van der Waals surface area contributed by atoms with Gasteiger partial charge in [0.15, 0.2) is 0 Å². The molecule has 0 aromatic heterocycles. The summed E-state index contributed by atoms with van der Waals surface area (Å²) < 4.78 is 5.42. The second-order valence-corrected chi connectivity index (χ2v) is 4.02. The lowest BCUT2D eigenvalue weighted by Gasteiger charge is -2.06. The molecule has 0 unspecified atom stereocenters. The highest BCUT2D eigenvalue weighted by Gasteiger charge is 2.03. The average Bonchev–Trinajstić information content (AvgIpc) is 2.19. The summed E-state index contributed by atoms with van der Waals surface area (Å²) in [6.07, 6.45) is 2.01. The van der Waals surface area contributed by atoms with Crippen molar-refractivity contribution in [3.63, 3.8) is 0 Å². The maximum Gasteiger partial charge on any atom is 0.138 e. The Balaban J connectivity index is 2.73. The summed E-state index contributed by atoms with van der Waals surface area (Å²) in [6, 6.07) is 7.07. The van der Waals surface area contributed by atoms with E-state index in [0.717, 1.165) is 5.75 Å². The third-order valence-corrected chi connectivity index (χ3v) is 2.42. The third-order valence-electron chi connectivity index (χ3n) is 1.61. The molecule has 0 bridgehead atoms. The van der Waals surface area contributed by atoms with Gasteiger partial charge in [0.05, 0.1) is 12.2 Å². The summed E-state index contributed by atoms with van der Waals surface area (Å²) >= 11 is 7.49. The lowest BCUT2D eigenvalue weighted by atomic mass is 10.2. The topological polar surface area (TPSA) is 33.0 Å². The number of halogens is 1. The SMILES string of the molecule is CSCCOc1cc(Cl)ccc1C#N. The highest BCUT2D eigenvalue weighted by Crippen LogP contribution is 2.22. The molecule has 1 aromatic carbocycles. The predicted molar refractivity (Wildman–Crippen MR) is 60.0 cm³/mol. The second kappa shape index (κ2) is 5.79. The van der Waals surface area contributed by atoms with Gasteiger partial charge in [-0.1, -0.05) is 11.6 Å². The molecule has 0 radical (unpaired) electrons. The first kappa shape index (κ1) is 11.2. The van der Waals surface area contributed by atoms with Crippen molar-refractivity contribution in [1.29, 1.82) is 5.26 Å². The zero-order valence-electron chi connectivity index (χ0n) is 7.79. The number of hydrogen-bond donors (Lipinski definition) is 0. The number of benzene rings is 1. The van der Waals surface area contributed by atoms with E-state index in [1.165, 1.54) is 0 Å². The fourth-order valence-corrected chi connectivity index (χ4v) is 1.36. The van der Waals surface area contributed by atoms with E-state index in [4.69, 9.17) is 21.6 Å². The summed E-state index contributed by atoms with van der Waals surface area (Å²) in [5.74, 6) is 1.46. The standard InChI is InChI=1S/C10H10ClNOS/c1-14-5-4-13-10-6-9(11)3-2-8(10)7-12/h2-3,6H,4-5H2,1H3. The average molecular weight is 228 g/mol. The molecule has 0 spiro atoms. The van der Waals surface area contributed by atoms with Crippen molar-refractivity contribution >= 4 is 23.4 Å². The smallest absolute Gasteiger partial charge is 0.138 e. The van der Waals surface area contributed by atoms with E-state index in [-0.39, 0.29) is 0 Å². The molecular weight excluding hydrogens is 218 g/mol. The highest BCUT2D eigenvalue weighted by atomic mass is 35.5. The summed E-state index contributed by atoms with van der Waals surface area (Å²) in [5, 5.41) is 9.37. The van der Waals surface area contributed by atoms with Crippen LogP contribution in [0.15, 0.2) is 18.2 Å². The Labute approximate surface area is 92.8 Å². The van der Waals surface area contributed by atoms with Crippen LogP contribution in [0.25, 0.3) is 0 Å². The van der Waals surface area contributed by atoms with Gasteiger partial charge in [-0.25, -0.2) is 0 Å². The van der Waals surface area contributed by atoms with E-state index in [0.29, 0.717) is 22.9 Å². The van der Waals surface area contributed by atoms with Crippen LogP contribution < -0.4 is 4.74 Å². The van der Waals surface area contributed by atoms with E-state index in [9.17, 15) is 0 Å². The normalized spacial score (nSPS) is 9.50. The molecule has 74 valence electrons. The molecule has 0 atom stereocenters. The summed E-state index contributed by atoms with van der Waals surface area (Å²) in [6.45, 7) is 0.593. The number of nitrogens with zero attached hydrogens (tertiary/aromatic N) is 1. The zero-order valence-corrected chi connectivity index (χ0v) is 9.36. The lowest BCUT2D eigenvalue weighted by molar-refractivity contribution is 0.343. The molecule has 2 nitrogen and oxygen atoms in total. The number of thioether (sulfide) groups is 1. The predicted octanol–water partition coefficient (Wildman–Crippen LogP) is 2.95. The van der Waals surface area contributed by atoms with E-state index >= 15 is 0 Å². The van der Waals surface area contributed by atoms with Crippen molar-refractivity contribution in [2.24, 2.45) is 0 Å². The van der Waals surface area contributed by atoms with Gasteiger partial charge in [0, 0.05) is 16.8 Å². The summed E-state index contributed by atoms with van der Waals surface area (Å²) in [7, 11) is 0. The van der Waals surface area contributed by atoms with Crippen molar-refractivity contribution in [2.75, 3.05) is 18.6 Å². The minimum atomic E-state index is 0.524. The maximum absolute atomic E-state index is 8.79. The summed E-state index contributed by atoms with van der Waals surface area (Å²) in [4.78, 5) is 0. The minimum Gasteiger partial charge on any atom is -0.491 e. The molecule has 1 aromatic rings. The van der Waals surface area contributed by atoms with Crippen LogP contribution >= 0.6 is 23.4 Å². The van der Waals surface area contributed by atoms with Crippen LogP contribution in [0.5, 0.6) is 5.75 Å². The van der Waals surface area contributed by atoms with Crippen LogP contribution in [-0.2, 0) is 0 Å². The van der Waals surface area contributed by atoms with Gasteiger partial charge in [0.1, 0.15) is 11.8 Å². The van der Waals surface area contributed by atoms with Crippen LogP contribution in [0.2, 0.25) is 5.02 Å². The van der Waals surface area contributed by atoms with E-state index < -0.39 is 0 Å². The lowest BCUT2D eigenvalue weighted by Crippen LogP contribution is -2.01. The van der Waals surface area contributed by atoms with Gasteiger partial charge in [-0.15, -0.1) is 0 Å². The molecule has 0 saturated carbocycles. The van der Waals surface area contributed by atoms with Crippen LogP contribution in [0.4, 0.5) is 0 Å². The molecule has 4 heteroatoms. The molecular formula is C10H10ClNOS. The highest BCUT2D eigenvalue weighted by molar-refractivity contribution is 7.98. The number of ether oxygens (including phenoxy) is 1. The Morgan fingerprint density at radius 3 is 3.00 bits per heavy atom. The number of nitriles is 1. The third kappa shape index (κ3) is 3.13. The van der Waals surface area contributed by atoms with Crippen molar-refractivity contribution in [2.45, 2.75) is 0 Å². The molecule has 0 aliphatic carbocycles. The van der Waals surface area contributed by atoms with Gasteiger partial charge in [-0.05, 0) is 18.4 Å². The Morgan fingerprint density at radius 1 is 1.57 bits per heavy atom. The van der Waals surface area contributed by atoms with Gasteiger partial charge in [0.25, 0.3) is 0 Å². The van der Waals surface area contributed by atoms with E-state index in [1.54, 1.807) is 30.0 Å². The Kier molecular flexibility index (Phi) is 4.64. The molecule has 0 fully saturated rings. The molecule has 0 aliphatic heterocycles. The van der Waals surface area contributed by atoms with Gasteiger partial charge in [-0.2, -0.15) is 17.0 Å². The molecule has 1 rings (SSSR count). The Morgan fingerprint density at radius 2 is 2.36 bits per heavy atom. The van der Waals surface area contributed by atoms with E-state index in [1.807, 2.05) is 6.26 Å². The minimum absolute atomic E-state index is 0.524. The maximum atomic E-state index is 8.79. The molecule has 0 N–H and O–H groups in total. The van der Waals surface area contributed by atoms with Gasteiger partial charge in [-0.3, -0.25) is 0 Å². The monoisotopic (exact) mass is 227 g/mol. The quantitative estimate of drug-likeness (QED) is 0.742. The number of hydrogen-bond acceptors (Lipinski definition) is 3. The second-order valence-electron chi connectivity index (χ2n) is 2.59. The zero-order chi connectivity index (χ0) is 10.4. The Bertz CT molecular complexity index is 348. The van der Waals surface area contributed by atoms with Gasteiger partial charge >= 0.3 is 0 Å². The van der Waals surface area contributed by atoms with Gasteiger partial charge in [0.2, 0.25) is 0 Å². The number of rotatable bonds is 4. The molecule has 14 heavy (non-hydrogen) atoms. The largest absolute Gasteiger partial charge is 0.491 e. The van der Waals surface area contributed by atoms with Crippen molar-refractivity contribution < 1.29 is 4.74 Å².